The highest BCUT2D eigenvalue weighted by molar-refractivity contribution is 5.92. The Morgan fingerprint density at radius 3 is 2.53 bits per heavy atom. The maximum Gasteiger partial charge on any atom is 0.272 e. The number of amides is 1. The lowest BCUT2D eigenvalue weighted by molar-refractivity contribution is 0.0740. The van der Waals surface area contributed by atoms with Crippen molar-refractivity contribution in [3.8, 4) is 0 Å². The number of hydrogen-bond donors (Lipinski definition) is 1. The van der Waals surface area contributed by atoms with Gasteiger partial charge < -0.3 is 10.2 Å². The number of pyridine rings is 1. The zero-order chi connectivity index (χ0) is 14.6. The zero-order valence-electron chi connectivity index (χ0n) is 12.8. The molecule has 0 aliphatic carbocycles. The molecule has 106 valence electrons. The van der Waals surface area contributed by atoms with Crippen LogP contribution in [0.2, 0.25) is 0 Å². The Labute approximate surface area is 116 Å². The minimum Gasteiger partial charge on any atom is -0.368 e. The fraction of sp³-hybridized carbons (Fsp3) is 0.600. The Kier molecular flexibility index (Phi) is 4.92. The second kappa shape index (κ2) is 6.04. The molecule has 1 rings (SSSR count). The molecule has 0 saturated heterocycles. The van der Waals surface area contributed by atoms with Gasteiger partial charge in [0.1, 0.15) is 11.5 Å². The molecular weight excluding hydrogens is 238 g/mol. The number of nitrogens with zero attached hydrogens (tertiary/aromatic N) is 2. The fourth-order valence-corrected chi connectivity index (χ4v) is 1.91. The van der Waals surface area contributed by atoms with Crippen LogP contribution in [0, 0.1) is 5.41 Å². The van der Waals surface area contributed by atoms with Crippen LogP contribution in [0.25, 0.3) is 0 Å². The Bertz CT molecular complexity index is 435. The van der Waals surface area contributed by atoms with E-state index < -0.39 is 0 Å². The lowest BCUT2D eigenvalue weighted by atomic mass is 9.96. The number of carbonyl (C=O) groups excluding carboxylic acids is 1. The van der Waals surface area contributed by atoms with E-state index in [4.69, 9.17) is 0 Å². The molecule has 4 nitrogen and oxygen atoms in total. The zero-order valence-corrected chi connectivity index (χ0v) is 12.8. The van der Waals surface area contributed by atoms with Crippen molar-refractivity contribution in [1.82, 2.24) is 9.88 Å². The monoisotopic (exact) mass is 263 g/mol. The van der Waals surface area contributed by atoms with Crippen LogP contribution in [-0.2, 0) is 0 Å². The molecule has 0 fully saturated rings. The number of rotatable bonds is 4. The average Bonchev–Trinajstić information content (AvgIpc) is 2.25. The summed E-state index contributed by atoms with van der Waals surface area (Å²) in [4.78, 5) is 18.4. The van der Waals surface area contributed by atoms with Crippen molar-refractivity contribution in [3.05, 3.63) is 23.9 Å². The van der Waals surface area contributed by atoms with Gasteiger partial charge in [-0.1, -0.05) is 26.8 Å². The largest absolute Gasteiger partial charge is 0.368 e. The highest BCUT2D eigenvalue weighted by atomic mass is 16.2. The van der Waals surface area contributed by atoms with E-state index >= 15 is 0 Å². The lowest BCUT2D eigenvalue weighted by Gasteiger charge is -2.26. The predicted octanol–water partition coefficient (Wildman–Crippen LogP) is 3.02. The molecule has 1 amide bonds. The van der Waals surface area contributed by atoms with E-state index in [2.05, 4.69) is 31.1 Å². The van der Waals surface area contributed by atoms with Gasteiger partial charge in [0, 0.05) is 19.6 Å². The summed E-state index contributed by atoms with van der Waals surface area (Å²) < 4.78 is 0. The van der Waals surface area contributed by atoms with E-state index in [0.29, 0.717) is 18.3 Å². The summed E-state index contributed by atoms with van der Waals surface area (Å²) in [6.07, 6.45) is 0. The predicted molar refractivity (Wildman–Crippen MR) is 79.4 cm³/mol. The topological polar surface area (TPSA) is 45.2 Å². The van der Waals surface area contributed by atoms with Gasteiger partial charge in [-0.25, -0.2) is 4.98 Å². The quantitative estimate of drug-likeness (QED) is 0.908. The summed E-state index contributed by atoms with van der Waals surface area (Å²) in [6, 6.07) is 5.79. The standard InChI is InChI=1S/C15H25N3O/c1-11(2)16-13-9-7-8-12(17-13)14(19)18(6)10-15(3,4)5/h7-9,11H,10H2,1-6H3,(H,16,17). The van der Waals surface area contributed by atoms with E-state index in [1.807, 2.05) is 33.0 Å². The molecule has 1 heterocycles. The Balaban J connectivity index is 2.82. The van der Waals surface area contributed by atoms with Crippen molar-refractivity contribution in [2.45, 2.75) is 40.7 Å². The van der Waals surface area contributed by atoms with Gasteiger partial charge in [-0.2, -0.15) is 0 Å². The Morgan fingerprint density at radius 2 is 2.00 bits per heavy atom. The normalized spacial score (nSPS) is 11.5. The highest BCUT2D eigenvalue weighted by Gasteiger charge is 2.19. The molecular formula is C15H25N3O. The van der Waals surface area contributed by atoms with Crippen LogP contribution in [0.5, 0.6) is 0 Å². The molecule has 0 bridgehead atoms. The van der Waals surface area contributed by atoms with Gasteiger partial charge in [-0.05, 0) is 31.4 Å². The molecule has 0 aliphatic heterocycles. The van der Waals surface area contributed by atoms with Crippen molar-refractivity contribution in [2.24, 2.45) is 5.41 Å². The van der Waals surface area contributed by atoms with Crippen molar-refractivity contribution >= 4 is 11.7 Å². The van der Waals surface area contributed by atoms with Crippen LogP contribution in [0.15, 0.2) is 18.2 Å². The van der Waals surface area contributed by atoms with E-state index in [0.717, 1.165) is 5.82 Å². The molecule has 19 heavy (non-hydrogen) atoms. The summed E-state index contributed by atoms with van der Waals surface area (Å²) in [5, 5.41) is 3.21. The highest BCUT2D eigenvalue weighted by Crippen LogP contribution is 2.16. The van der Waals surface area contributed by atoms with Crippen LogP contribution in [0.4, 0.5) is 5.82 Å². The number of aromatic nitrogens is 1. The van der Waals surface area contributed by atoms with Crippen molar-refractivity contribution in [2.75, 3.05) is 18.9 Å². The Hall–Kier alpha value is -1.58. The molecule has 0 aliphatic rings. The summed E-state index contributed by atoms with van der Waals surface area (Å²) in [7, 11) is 1.82. The van der Waals surface area contributed by atoms with E-state index in [1.165, 1.54) is 0 Å². The summed E-state index contributed by atoms with van der Waals surface area (Å²) in [6.45, 7) is 11.1. The smallest absolute Gasteiger partial charge is 0.272 e. The maximum absolute atomic E-state index is 12.3. The van der Waals surface area contributed by atoms with Crippen LogP contribution in [0.1, 0.15) is 45.1 Å². The summed E-state index contributed by atoms with van der Waals surface area (Å²) in [5.41, 5.74) is 0.565. The number of hydrogen-bond acceptors (Lipinski definition) is 3. The first-order valence-electron chi connectivity index (χ1n) is 6.68. The van der Waals surface area contributed by atoms with Gasteiger partial charge in [-0.3, -0.25) is 4.79 Å². The number of anilines is 1. The molecule has 0 radical (unpaired) electrons. The molecule has 0 aromatic carbocycles. The third kappa shape index (κ3) is 5.28. The Morgan fingerprint density at radius 1 is 1.37 bits per heavy atom. The first-order valence-corrected chi connectivity index (χ1v) is 6.68. The van der Waals surface area contributed by atoms with Gasteiger partial charge in [0.15, 0.2) is 0 Å². The first kappa shape index (κ1) is 15.5. The van der Waals surface area contributed by atoms with Crippen molar-refractivity contribution < 1.29 is 4.79 Å². The first-order chi connectivity index (χ1) is 8.69. The average molecular weight is 263 g/mol. The third-order valence-corrected chi connectivity index (χ3v) is 2.46. The number of carbonyl (C=O) groups is 1. The maximum atomic E-state index is 12.3. The van der Waals surface area contributed by atoms with E-state index in [-0.39, 0.29) is 11.3 Å². The minimum absolute atomic E-state index is 0.0395. The SMILES string of the molecule is CC(C)Nc1cccc(C(=O)N(C)CC(C)(C)C)n1. The van der Waals surface area contributed by atoms with E-state index in [1.54, 1.807) is 11.0 Å². The van der Waals surface area contributed by atoms with Gasteiger partial charge in [0.05, 0.1) is 0 Å². The van der Waals surface area contributed by atoms with Gasteiger partial charge >= 0.3 is 0 Å². The molecule has 0 saturated carbocycles. The van der Waals surface area contributed by atoms with Gasteiger partial charge in [-0.15, -0.1) is 0 Å². The molecule has 0 unspecified atom stereocenters. The molecule has 0 atom stereocenters. The van der Waals surface area contributed by atoms with Gasteiger partial charge in [0.25, 0.3) is 5.91 Å². The second-order valence-corrected chi connectivity index (χ2v) is 6.43. The molecule has 0 spiro atoms. The molecule has 1 aromatic heterocycles. The summed E-state index contributed by atoms with van der Waals surface area (Å²) >= 11 is 0. The van der Waals surface area contributed by atoms with Crippen LogP contribution < -0.4 is 5.32 Å². The van der Waals surface area contributed by atoms with Crippen LogP contribution in [-0.4, -0.2) is 35.4 Å². The lowest BCUT2D eigenvalue weighted by Crippen LogP contribution is -2.35. The summed E-state index contributed by atoms with van der Waals surface area (Å²) in [5.74, 6) is 0.701. The molecule has 1 N–H and O–H groups in total. The van der Waals surface area contributed by atoms with Gasteiger partial charge in [0.2, 0.25) is 0 Å². The van der Waals surface area contributed by atoms with Crippen molar-refractivity contribution in [1.29, 1.82) is 0 Å². The van der Waals surface area contributed by atoms with Crippen LogP contribution in [0.3, 0.4) is 0 Å². The van der Waals surface area contributed by atoms with Crippen LogP contribution >= 0.6 is 0 Å². The number of nitrogens with one attached hydrogen (secondary N) is 1. The second-order valence-electron chi connectivity index (χ2n) is 6.43. The fourth-order valence-electron chi connectivity index (χ4n) is 1.91. The minimum atomic E-state index is -0.0395. The van der Waals surface area contributed by atoms with E-state index in [9.17, 15) is 4.79 Å². The third-order valence-electron chi connectivity index (χ3n) is 2.46. The molecule has 4 heteroatoms. The molecule has 1 aromatic rings. The van der Waals surface area contributed by atoms with Crippen molar-refractivity contribution in [3.63, 3.8) is 0 Å².